The Kier molecular flexibility index (Phi) is 3.33. The highest BCUT2D eigenvalue weighted by molar-refractivity contribution is 5.93. The van der Waals surface area contributed by atoms with E-state index in [0.29, 0.717) is 5.78 Å². The third-order valence-electron chi connectivity index (χ3n) is 4.18. The van der Waals surface area contributed by atoms with Gasteiger partial charge in [0.1, 0.15) is 0 Å². The summed E-state index contributed by atoms with van der Waals surface area (Å²) in [6, 6.07) is 10.4. The van der Waals surface area contributed by atoms with Crippen LogP contribution in [0.3, 0.4) is 0 Å². The van der Waals surface area contributed by atoms with Crippen LogP contribution >= 0.6 is 0 Å². The van der Waals surface area contributed by atoms with E-state index in [2.05, 4.69) is 56.9 Å². The van der Waals surface area contributed by atoms with Gasteiger partial charge in [-0.2, -0.15) is 0 Å². The zero-order chi connectivity index (χ0) is 13.4. The molecular formula is C16H23NO. The first-order chi connectivity index (χ1) is 8.34. The van der Waals surface area contributed by atoms with Gasteiger partial charge in [0.15, 0.2) is 5.78 Å². The molecule has 18 heavy (non-hydrogen) atoms. The van der Waals surface area contributed by atoms with E-state index < -0.39 is 0 Å². The minimum atomic E-state index is -0.364. The number of piperidine rings is 1. The maximum absolute atomic E-state index is 12.5. The van der Waals surface area contributed by atoms with Crippen LogP contribution in [0.25, 0.3) is 0 Å². The highest BCUT2D eigenvalue weighted by Gasteiger charge is 2.46. The minimum absolute atomic E-state index is 0.184. The molecule has 2 nitrogen and oxygen atoms in total. The second-order valence-electron chi connectivity index (χ2n) is 6.43. The normalized spacial score (nSPS) is 23.0. The van der Waals surface area contributed by atoms with Gasteiger partial charge >= 0.3 is 0 Å². The van der Waals surface area contributed by atoms with Crippen molar-refractivity contribution >= 4 is 5.78 Å². The van der Waals surface area contributed by atoms with Crippen LogP contribution in [0.4, 0.5) is 0 Å². The van der Waals surface area contributed by atoms with E-state index in [1.165, 1.54) is 5.56 Å². The fourth-order valence-corrected chi connectivity index (χ4v) is 2.86. The molecule has 0 bridgehead atoms. The van der Waals surface area contributed by atoms with Crippen LogP contribution in [-0.4, -0.2) is 22.8 Å². The average Bonchev–Trinajstić information content (AvgIpc) is 2.33. The first kappa shape index (κ1) is 13.3. The molecule has 1 heterocycles. The Morgan fingerprint density at radius 2 is 1.72 bits per heavy atom. The van der Waals surface area contributed by atoms with Crippen molar-refractivity contribution in [3.05, 3.63) is 35.9 Å². The van der Waals surface area contributed by atoms with Gasteiger partial charge in [-0.05, 0) is 25.8 Å². The lowest BCUT2D eigenvalue weighted by Crippen LogP contribution is -2.59. The van der Waals surface area contributed by atoms with Crippen molar-refractivity contribution in [2.45, 2.75) is 46.2 Å². The van der Waals surface area contributed by atoms with Crippen molar-refractivity contribution in [2.24, 2.45) is 5.41 Å². The summed E-state index contributed by atoms with van der Waals surface area (Å²) in [5.41, 5.74) is 0.729. The molecule has 0 spiro atoms. The summed E-state index contributed by atoms with van der Waals surface area (Å²) in [7, 11) is 0. The summed E-state index contributed by atoms with van der Waals surface area (Å²) in [6.45, 7) is 10.1. The average molecular weight is 245 g/mol. The summed E-state index contributed by atoms with van der Waals surface area (Å²) in [5, 5.41) is 0. The number of carbonyl (C=O) groups is 1. The van der Waals surface area contributed by atoms with Crippen LogP contribution in [-0.2, 0) is 11.3 Å². The number of likely N-dealkylation sites (tertiary alicyclic amines) is 1. The topological polar surface area (TPSA) is 20.3 Å². The molecule has 0 radical (unpaired) electrons. The number of ketones is 1. The van der Waals surface area contributed by atoms with Crippen LogP contribution in [0, 0.1) is 5.41 Å². The lowest BCUT2D eigenvalue weighted by molar-refractivity contribution is -0.144. The van der Waals surface area contributed by atoms with E-state index in [0.717, 1.165) is 19.5 Å². The van der Waals surface area contributed by atoms with Crippen LogP contribution in [0.1, 0.15) is 39.7 Å². The molecule has 0 amide bonds. The molecule has 1 aromatic rings. The minimum Gasteiger partial charge on any atom is -0.297 e. The molecule has 0 unspecified atom stereocenters. The van der Waals surface area contributed by atoms with Crippen LogP contribution in [0.5, 0.6) is 0 Å². The number of nitrogens with zero attached hydrogens (tertiary/aromatic N) is 1. The van der Waals surface area contributed by atoms with E-state index in [-0.39, 0.29) is 11.0 Å². The van der Waals surface area contributed by atoms with Crippen molar-refractivity contribution < 1.29 is 4.79 Å². The molecule has 0 atom stereocenters. The molecule has 1 aliphatic heterocycles. The lowest BCUT2D eigenvalue weighted by Gasteiger charge is -2.47. The summed E-state index contributed by atoms with van der Waals surface area (Å²) < 4.78 is 0. The third kappa shape index (κ3) is 2.35. The smallest absolute Gasteiger partial charge is 0.158 e. The number of hydrogen-bond acceptors (Lipinski definition) is 2. The molecule has 1 saturated heterocycles. The monoisotopic (exact) mass is 245 g/mol. The molecule has 0 N–H and O–H groups in total. The number of benzene rings is 1. The quantitative estimate of drug-likeness (QED) is 0.797. The highest BCUT2D eigenvalue weighted by atomic mass is 16.1. The number of Topliss-reactive ketones (excluding diaryl/α,β-unsaturated/α-hetero) is 1. The summed E-state index contributed by atoms with van der Waals surface area (Å²) >= 11 is 0. The van der Waals surface area contributed by atoms with Crippen molar-refractivity contribution in [1.29, 1.82) is 0 Å². The van der Waals surface area contributed by atoms with Crippen LogP contribution < -0.4 is 0 Å². The Morgan fingerprint density at radius 1 is 1.11 bits per heavy atom. The third-order valence-corrected chi connectivity index (χ3v) is 4.18. The van der Waals surface area contributed by atoms with Gasteiger partial charge in [0.2, 0.25) is 0 Å². The highest BCUT2D eigenvalue weighted by Crippen LogP contribution is 2.37. The van der Waals surface area contributed by atoms with Gasteiger partial charge in [0.05, 0.1) is 5.54 Å². The number of hydrogen-bond donors (Lipinski definition) is 0. The van der Waals surface area contributed by atoms with Gasteiger partial charge in [-0.25, -0.2) is 0 Å². The predicted molar refractivity (Wildman–Crippen MR) is 74.3 cm³/mol. The number of carbonyl (C=O) groups excluding carboxylic acids is 1. The summed E-state index contributed by atoms with van der Waals surface area (Å²) in [4.78, 5) is 14.8. The zero-order valence-corrected chi connectivity index (χ0v) is 11.9. The zero-order valence-electron chi connectivity index (χ0n) is 11.9. The van der Waals surface area contributed by atoms with E-state index in [4.69, 9.17) is 0 Å². The molecule has 1 fully saturated rings. The van der Waals surface area contributed by atoms with Crippen molar-refractivity contribution in [3.8, 4) is 0 Å². The Labute approximate surface area is 110 Å². The van der Waals surface area contributed by atoms with Crippen LogP contribution in [0.15, 0.2) is 30.3 Å². The maximum Gasteiger partial charge on any atom is 0.158 e. The van der Waals surface area contributed by atoms with E-state index in [1.54, 1.807) is 0 Å². The van der Waals surface area contributed by atoms with Gasteiger partial charge in [-0.3, -0.25) is 9.69 Å². The largest absolute Gasteiger partial charge is 0.297 e. The molecule has 0 aliphatic carbocycles. The first-order valence-electron chi connectivity index (χ1n) is 6.68. The van der Waals surface area contributed by atoms with Crippen LogP contribution in [0.2, 0.25) is 0 Å². The van der Waals surface area contributed by atoms with Crippen molar-refractivity contribution in [2.75, 3.05) is 6.54 Å². The van der Waals surface area contributed by atoms with E-state index >= 15 is 0 Å². The predicted octanol–water partition coefficient (Wildman–Crippen LogP) is 3.27. The Bertz CT molecular complexity index is 434. The molecule has 98 valence electrons. The van der Waals surface area contributed by atoms with Gasteiger partial charge < -0.3 is 0 Å². The molecule has 2 heteroatoms. The fraction of sp³-hybridized carbons (Fsp3) is 0.562. The Hall–Kier alpha value is -1.15. The van der Waals surface area contributed by atoms with Gasteiger partial charge in [-0.15, -0.1) is 0 Å². The molecule has 1 aliphatic rings. The lowest BCUT2D eigenvalue weighted by atomic mass is 9.72. The molecule has 1 aromatic carbocycles. The first-order valence-corrected chi connectivity index (χ1v) is 6.68. The SMILES string of the molecule is CC1(C)CCN(Cc2ccccc2)C(C)(C)C1=O. The Morgan fingerprint density at radius 3 is 2.33 bits per heavy atom. The van der Waals surface area contributed by atoms with Crippen molar-refractivity contribution in [1.82, 2.24) is 4.90 Å². The second kappa shape index (κ2) is 4.51. The van der Waals surface area contributed by atoms with E-state index in [9.17, 15) is 4.79 Å². The van der Waals surface area contributed by atoms with Gasteiger partial charge in [-0.1, -0.05) is 44.2 Å². The van der Waals surface area contributed by atoms with Crippen molar-refractivity contribution in [3.63, 3.8) is 0 Å². The Balaban J connectivity index is 2.18. The second-order valence-corrected chi connectivity index (χ2v) is 6.43. The summed E-state index contributed by atoms with van der Waals surface area (Å²) in [6.07, 6.45) is 0.947. The number of rotatable bonds is 2. The summed E-state index contributed by atoms with van der Waals surface area (Å²) in [5.74, 6) is 0.359. The van der Waals surface area contributed by atoms with Gasteiger partial charge in [0.25, 0.3) is 0 Å². The molecule has 2 rings (SSSR count). The maximum atomic E-state index is 12.5. The molecular weight excluding hydrogens is 222 g/mol. The molecule has 0 aromatic heterocycles. The van der Waals surface area contributed by atoms with Gasteiger partial charge in [0, 0.05) is 18.5 Å². The molecule has 0 saturated carbocycles. The van der Waals surface area contributed by atoms with E-state index in [1.807, 2.05) is 6.07 Å². The fourth-order valence-electron chi connectivity index (χ4n) is 2.86. The standard InChI is InChI=1S/C16H23NO/c1-15(2)10-11-17(16(3,4)14(15)18)12-13-8-6-5-7-9-13/h5-9H,10-12H2,1-4H3.